The second-order valence-corrected chi connectivity index (χ2v) is 6.23. The summed E-state index contributed by atoms with van der Waals surface area (Å²) in [6.45, 7) is 11.0. The summed E-state index contributed by atoms with van der Waals surface area (Å²) < 4.78 is 0. The zero-order chi connectivity index (χ0) is 16.1. The van der Waals surface area contributed by atoms with Crippen molar-refractivity contribution in [3.8, 4) is 0 Å². The Labute approximate surface area is 132 Å². The van der Waals surface area contributed by atoms with Crippen LogP contribution in [-0.4, -0.2) is 11.7 Å². The fourth-order valence-electron chi connectivity index (χ4n) is 2.14. The van der Waals surface area contributed by atoms with Gasteiger partial charge in [-0.2, -0.15) is 0 Å². The molecule has 0 aliphatic heterocycles. The van der Waals surface area contributed by atoms with Crippen LogP contribution in [0.5, 0.6) is 0 Å². The summed E-state index contributed by atoms with van der Waals surface area (Å²) in [6.07, 6.45) is 15.7. The lowest BCUT2D eigenvalue weighted by atomic mass is 10.0. The standard InChI is InChI=1S/C20H34O/c1-17(2)9-6-10-18(3)11-7-12-19(4)13-8-14-20(5)15-16-21/h9,11,13,15,21H,6-8,10,12,14,16H2,1-5H3/b18-11+,19-13-,20-15+. The van der Waals surface area contributed by atoms with Crippen molar-refractivity contribution in [2.75, 3.05) is 6.61 Å². The molecule has 0 aromatic carbocycles. The highest BCUT2D eigenvalue weighted by atomic mass is 16.2. The molecular formula is C20H34O. The largest absolute Gasteiger partial charge is 0.392 e. The normalized spacial score (nSPS) is 13.5. The number of allylic oxidation sites excluding steroid dienone is 7. The van der Waals surface area contributed by atoms with Gasteiger partial charge in [-0.15, -0.1) is 0 Å². The molecule has 0 aromatic heterocycles. The van der Waals surface area contributed by atoms with E-state index < -0.39 is 0 Å². The minimum Gasteiger partial charge on any atom is -0.392 e. The second kappa shape index (κ2) is 12.6. The molecule has 0 fully saturated rings. The van der Waals surface area contributed by atoms with Crippen LogP contribution in [0.1, 0.15) is 73.1 Å². The van der Waals surface area contributed by atoms with Crippen LogP contribution in [0.2, 0.25) is 0 Å². The molecule has 0 aliphatic rings. The van der Waals surface area contributed by atoms with Crippen molar-refractivity contribution in [1.82, 2.24) is 0 Å². The third-order valence-electron chi connectivity index (χ3n) is 3.59. The quantitative estimate of drug-likeness (QED) is 0.480. The third kappa shape index (κ3) is 13.7. The minimum absolute atomic E-state index is 0.158. The summed E-state index contributed by atoms with van der Waals surface area (Å²) >= 11 is 0. The zero-order valence-electron chi connectivity index (χ0n) is 14.7. The predicted molar refractivity (Wildman–Crippen MR) is 95.5 cm³/mol. The summed E-state index contributed by atoms with van der Waals surface area (Å²) in [6, 6.07) is 0. The Hall–Kier alpha value is -1.08. The van der Waals surface area contributed by atoms with E-state index in [2.05, 4.69) is 52.8 Å². The van der Waals surface area contributed by atoms with Gasteiger partial charge < -0.3 is 5.11 Å². The van der Waals surface area contributed by atoms with E-state index in [9.17, 15) is 0 Å². The van der Waals surface area contributed by atoms with Crippen LogP contribution in [0.15, 0.2) is 46.6 Å². The summed E-state index contributed by atoms with van der Waals surface area (Å²) in [5, 5.41) is 8.80. The average Bonchev–Trinajstić information content (AvgIpc) is 2.38. The Morgan fingerprint density at radius 1 is 0.619 bits per heavy atom. The summed E-state index contributed by atoms with van der Waals surface area (Å²) in [5.41, 5.74) is 5.66. The van der Waals surface area contributed by atoms with Gasteiger partial charge in [-0.3, -0.25) is 0 Å². The van der Waals surface area contributed by atoms with Gasteiger partial charge in [0.25, 0.3) is 0 Å². The highest BCUT2D eigenvalue weighted by Gasteiger charge is 1.93. The Kier molecular flexibility index (Phi) is 12.0. The predicted octanol–water partition coefficient (Wildman–Crippen LogP) is 6.12. The molecule has 120 valence electrons. The fraction of sp³-hybridized carbons (Fsp3) is 0.600. The lowest BCUT2D eigenvalue weighted by Crippen LogP contribution is -1.83. The molecule has 0 bridgehead atoms. The monoisotopic (exact) mass is 290 g/mol. The molecule has 0 spiro atoms. The lowest BCUT2D eigenvalue weighted by Gasteiger charge is -2.02. The molecule has 0 rings (SSSR count). The van der Waals surface area contributed by atoms with Gasteiger partial charge in [-0.05, 0) is 73.1 Å². The molecule has 0 saturated carbocycles. The van der Waals surface area contributed by atoms with E-state index in [0.717, 1.165) is 32.1 Å². The third-order valence-corrected chi connectivity index (χ3v) is 3.59. The molecule has 0 amide bonds. The smallest absolute Gasteiger partial charge is 0.0614 e. The first-order valence-electron chi connectivity index (χ1n) is 8.16. The maximum Gasteiger partial charge on any atom is 0.0614 e. The van der Waals surface area contributed by atoms with Crippen molar-refractivity contribution < 1.29 is 5.11 Å². The van der Waals surface area contributed by atoms with Gasteiger partial charge in [-0.1, -0.05) is 46.6 Å². The number of hydrogen-bond donors (Lipinski definition) is 1. The summed E-state index contributed by atoms with van der Waals surface area (Å²) in [7, 11) is 0. The van der Waals surface area contributed by atoms with Gasteiger partial charge in [0.2, 0.25) is 0 Å². The lowest BCUT2D eigenvalue weighted by molar-refractivity contribution is 0.341. The Morgan fingerprint density at radius 2 is 1.00 bits per heavy atom. The Morgan fingerprint density at radius 3 is 1.38 bits per heavy atom. The van der Waals surface area contributed by atoms with Crippen molar-refractivity contribution in [2.24, 2.45) is 0 Å². The first-order chi connectivity index (χ1) is 9.95. The molecule has 1 nitrogen and oxygen atoms in total. The van der Waals surface area contributed by atoms with E-state index in [1.54, 1.807) is 0 Å². The molecule has 0 unspecified atom stereocenters. The molecule has 21 heavy (non-hydrogen) atoms. The Balaban J connectivity index is 3.93. The zero-order valence-corrected chi connectivity index (χ0v) is 14.7. The van der Waals surface area contributed by atoms with Gasteiger partial charge in [0.1, 0.15) is 0 Å². The van der Waals surface area contributed by atoms with Crippen LogP contribution < -0.4 is 0 Å². The van der Waals surface area contributed by atoms with Crippen LogP contribution in [0.4, 0.5) is 0 Å². The van der Waals surface area contributed by atoms with E-state index in [4.69, 9.17) is 5.11 Å². The van der Waals surface area contributed by atoms with Gasteiger partial charge in [0, 0.05) is 0 Å². The molecule has 0 atom stereocenters. The van der Waals surface area contributed by atoms with Crippen LogP contribution in [-0.2, 0) is 0 Å². The van der Waals surface area contributed by atoms with Crippen LogP contribution >= 0.6 is 0 Å². The van der Waals surface area contributed by atoms with Crippen molar-refractivity contribution in [1.29, 1.82) is 0 Å². The van der Waals surface area contributed by atoms with Gasteiger partial charge in [0.05, 0.1) is 6.61 Å². The molecular weight excluding hydrogens is 256 g/mol. The SMILES string of the molecule is CC(C)=CCC/C(C)=C/CC/C(C)=C\CC/C(C)=C/CO. The maximum absolute atomic E-state index is 8.80. The van der Waals surface area contributed by atoms with E-state index in [1.165, 1.54) is 28.7 Å². The van der Waals surface area contributed by atoms with Crippen molar-refractivity contribution in [3.05, 3.63) is 46.6 Å². The maximum atomic E-state index is 8.80. The highest BCUT2D eigenvalue weighted by Crippen LogP contribution is 2.13. The van der Waals surface area contributed by atoms with E-state index >= 15 is 0 Å². The molecule has 0 heterocycles. The van der Waals surface area contributed by atoms with Gasteiger partial charge in [-0.25, -0.2) is 0 Å². The number of hydrogen-bond acceptors (Lipinski definition) is 1. The van der Waals surface area contributed by atoms with E-state index in [-0.39, 0.29) is 6.61 Å². The Bertz CT molecular complexity index is 390. The van der Waals surface area contributed by atoms with E-state index in [1.807, 2.05) is 6.08 Å². The fourth-order valence-corrected chi connectivity index (χ4v) is 2.14. The number of aliphatic hydroxyl groups is 1. The molecule has 0 aliphatic carbocycles. The summed E-state index contributed by atoms with van der Waals surface area (Å²) in [4.78, 5) is 0. The van der Waals surface area contributed by atoms with Crippen molar-refractivity contribution in [2.45, 2.75) is 73.1 Å². The molecule has 0 saturated heterocycles. The van der Waals surface area contributed by atoms with Crippen LogP contribution in [0, 0.1) is 0 Å². The topological polar surface area (TPSA) is 20.2 Å². The van der Waals surface area contributed by atoms with Gasteiger partial charge in [0.15, 0.2) is 0 Å². The second-order valence-electron chi connectivity index (χ2n) is 6.23. The van der Waals surface area contributed by atoms with Crippen molar-refractivity contribution >= 4 is 0 Å². The number of aliphatic hydroxyl groups excluding tert-OH is 1. The molecule has 0 radical (unpaired) electrons. The first kappa shape index (κ1) is 19.9. The average molecular weight is 290 g/mol. The van der Waals surface area contributed by atoms with E-state index in [0.29, 0.717) is 0 Å². The molecule has 1 heteroatoms. The first-order valence-corrected chi connectivity index (χ1v) is 8.16. The molecule has 0 aromatic rings. The van der Waals surface area contributed by atoms with Crippen molar-refractivity contribution in [3.63, 3.8) is 0 Å². The minimum atomic E-state index is 0.158. The summed E-state index contributed by atoms with van der Waals surface area (Å²) in [5.74, 6) is 0. The highest BCUT2D eigenvalue weighted by molar-refractivity contribution is 5.07. The van der Waals surface area contributed by atoms with Crippen LogP contribution in [0.3, 0.4) is 0 Å². The molecule has 1 N–H and O–H groups in total. The van der Waals surface area contributed by atoms with Gasteiger partial charge >= 0.3 is 0 Å². The number of rotatable bonds is 10. The van der Waals surface area contributed by atoms with Crippen LogP contribution in [0.25, 0.3) is 0 Å².